The third-order valence-electron chi connectivity index (χ3n) is 6.94. The van der Waals surface area contributed by atoms with E-state index < -0.39 is 21.9 Å². The number of nitrogens with zero attached hydrogens (tertiary/aromatic N) is 3. The average molecular weight is 617 g/mol. The predicted octanol–water partition coefficient (Wildman–Crippen LogP) is 5.29. The van der Waals surface area contributed by atoms with Crippen LogP contribution in [0, 0.1) is 12.7 Å². The number of halogens is 2. The van der Waals surface area contributed by atoms with E-state index in [-0.39, 0.29) is 29.9 Å². The molecule has 10 nitrogen and oxygen atoms in total. The maximum Gasteiger partial charge on any atom is 0.235 e. The van der Waals surface area contributed by atoms with Gasteiger partial charge in [0.2, 0.25) is 21.9 Å². The molecule has 0 bridgehead atoms. The third kappa shape index (κ3) is 7.24. The van der Waals surface area contributed by atoms with Crippen molar-refractivity contribution >= 4 is 44.8 Å². The van der Waals surface area contributed by atoms with Crippen molar-refractivity contribution in [2.45, 2.75) is 38.8 Å². The molecule has 3 heterocycles. The number of sulfonamides is 1. The van der Waals surface area contributed by atoms with Gasteiger partial charge < -0.3 is 20.1 Å². The quantitative estimate of drug-likeness (QED) is 0.218. The summed E-state index contributed by atoms with van der Waals surface area (Å²) in [4.78, 5) is 13.6. The summed E-state index contributed by atoms with van der Waals surface area (Å²) in [7, 11) is -2.47. The van der Waals surface area contributed by atoms with Crippen LogP contribution in [-0.4, -0.2) is 61.5 Å². The SMILES string of the molecule is CO[C@@H](C)CS(=O)(=O)Nc1c(F)ccc2c(Oc3ncccc3-c3ccnc(N[C@H]4CCCNC4)n3)c(C)ccc12.Cl. The van der Waals surface area contributed by atoms with Crippen LogP contribution in [0.5, 0.6) is 11.6 Å². The Kier molecular flexibility index (Phi) is 10.2. The number of nitrogens with one attached hydrogen (secondary N) is 3. The predicted molar refractivity (Wildman–Crippen MR) is 165 cm³/mol. The highest BCUT2D eigenvalue weighted by Gasteiger charge is 2.22. The number of hydrogen-bond donors (Lipinski definition) is 3. The molecule has 13 heteroatoms. The maximum atomic E-state index is 15.0. The summed E-state index contributed by atoms with van der Waals surface area (Å²) in [5.41, 5.74) is 1.88. The Labute approximate surface area is 250 Å². The number of pyridine rings is 1. The van der Waals surface area contributed by atoms with Gasteiger partial charge in [0.15, 0.2) is 0 Å². The van der Waals surface area contributed by atoms with Crippen molar-refractivity contribution in [1.82, 2.24) is 20.3 Å². The van der Waals surface area contributed by atoms with Gasteiger partial charge in [-0.3, -0.25) is 4.72 Å². The van der Waals surface area contributed by atoms with Gasteiger partial charge in [-0.15, -0.1) is 12.4 Å². The maximum absolute atomic E-state index is 15.0. The van der Waals surface area contributed by atoms with Gasteiger partial charge in [0.1, 0.15) is 11.6 Å². The Morgan fingerprint density at radius 2 is 1.93 bits per heavy atom. The zero-order valence-corrected chi connectivity index (χ0v) is 25.2. The van der Waals surface area contributed by atoms with Crippen molar-refractivity contribution in [2.24, 2.45) is 0 Å². The van der Waals surface area contributed by atoms with E-state index in [1.165, 1.54) is 13.2 Å². The zero-order valence-electron chi connectivity index (χ0n) is 23.6. The van der Waals surface area contributed by atoms with Crippen LogP contribution in [-0.2, 0) is 14.8 Å². The fourth-order valence-corrected chi connectivity index (χ4v) is 6.13. The van der Waals surface area contributed by atoms with E-state index in [4.69, 9.17) is 14.5 Å². The lowest BCUT2D eigenvalue weighted by molar-refractivity contribution is 0.136. The molecule has 1 aliphatic rings. The number of fused-ring (bicyclic) bond motifs is 1. The monoisotopic (exact) mass is 616 g/mol. The van der Waals surface area contributed by atoms with E-state index >= 15 is 0 Å². The van der Waals surface area contributed by atoms with Crippen LogP contribution >= 0.6 is 12.4 Å². The molecule has 5 rings (SSSR count). The topological polar surface area (TPSA) is 127 Å². The van der Waals surface area contributed by atoms with Gasteiger partial charge in [-0.25, -0.2) is 27.8 Å². The smallest absolute Gasteiger partial charge is 0.235 e. The van der Waals surface area contributed by atoms with Gasteiger partial charge in [-0.05, 0) is 69.1 Å². The second kappa shape index (κ2) is 13.6. The summed E-state index contributed by atoms with van der Waals surface area (Å²) in [6, 6.07) is 11.9. The highest BCUT2D eigenvalue weighted by atomic mass is 35.5. The zero-order chi connectivity index (χ0) is 29.0. The Bertz CT molecular complexity index is 1650. The van der Waals surface area contributed by atoms with E-state index in [1.807, 2.05) is 13.0 Å². The minimum atomic E-state index is -3.89. The van der Waals surface area contributed by atoms with Crippen molar-refractivity contribution in [1.29, 1.82) is 0 Å². The molecule has 1 saturated heterocycles. The fraction of sp³-hybridized carbons (Fsp3) is 0.345. The molecule has 4 aromatic rings. The lowest BCUT2D eigenvalue weighted by Gasteiger charge is -2.23. The second-order valence-corrected chi connectivity index (χ2v) is 11.8. The van der Waals surface area contributed by atoms with E-state index in [1.54, 1.807) is 49.6 Å². The summed E-state index contributed by atoms with van der Waals surface area (Å²) < 4.78 is 54.3. The summed E-state index contributed by atoms with van der Waals surface area (Å²) in [6.07, 6.45) is 4.86. The molecule has 0 spiro atoms. The first-order chi connectivity index (χ1) is 19.7. The Balaban J connectivity index is 0.00000405. The molecule has 1 fully saturated rings. The highest BCUT2D eigenvalue weighted by Crippen LogP contribution is 2.39. The molecule has 3 N–H and O–H groups in total. The number of benzene rings is 2. The van der Waals surface area contributed by atoms with Crippen LogP contribution in [0.4, 0.5) is 16.0 Å². The number of aryl methyl sites for hydroxylation is 1. The lowest BCUT2D eigenvalue weighted by Crippen LogP contribution is -2.38. The number of ether oxygens (including phenoxy) is 2. The molecule has 0 aliphatic carbocycles. The van der Waals surface area contributed by atoms with Crippen LogP contribution in [0.3, 0.4) is 0 Å². The Hall–Kier alpha value is -3.58. The van der Waals surface area contributed by atoms with Crippen LogP contribution in [0.2, 0.25) is 0 Å². The van der Waals surface area contributed by atoms with Crippen molar-refractivity contribution in [3.05, 3.63) is 66.2 Å². The highest BCUT2D eigenvalue weighted by molar-refractivity contribution is 7.92. The molecule has 2 atom stereocenters. The van der Waals surface area contributed by atoms with E-state index in [0.29, 0.717) is 39.6 Å². The van der Waals surface area contributed by atoms with E-state index in [0.717, 1.165) is 31.5 Å². The normalized spacial score (nSPS) is 16.0. The standard InChI is InChI=1S/C29H33FN6O4S.ClH/c1-18-8-9-21-22(10-11-24(30)26(21)36-41(37,38)17-19(2)39-3)27(18)40-28-23(7-5-14-32-28)25-12-15-33-29(35-25)34-20-6-4-13-31-16-20;/h5,7-12,14-15,19-20,31,36H,4,6,13,16-17H2,1-3H3,(H,33,34,35);1H/t19-,20-;/m0./s1. The van der Waals surface area contributed by atoms with Crippen LogP contribution < -0.4 is 20.1 Å². The van der Waals surface area contributed by atoms with Crippen molar-refractivity contribution in [3.63, 3.8) is 0 Å². The van der Waals surface area contributed by atoms with Crippen molar-refractivity contribution in [3.8, 4) is 22.9 Å². The number of hydrogen-bond acceptors (Lipinski definition) is 9. The fourth-order valence-electron chi connectivity index (χ4n) is 4.77. The largest absolute Gasteiger partial charge is 0.437 e. The van der Waals surface area contributed by atoms with Gasteiger partial charge in [0.05, 0.1) is 28.8 Å². The van der Waals surface area contributed by atoms with Gasteiger partial charge in [0.25, 0.3) is 0 Å². The van der Waals surface area contributed by atoms with Gasteiger partial charge in [0, 0.05) is 42.9 Å². The lowest BCUT2D eigenvalue weighted by atomic mass is 10.0. The number of piperidine rings is 1. The minimum Gasteiger partial charge on any atom is -0.437 e. The van der Waals surface area contributed by atoms with E-state index in [9.17, 15) is 12.8 Å². The molecule has 224 valence electrons. The first-order valence-electron chi connectivity index (χ1n) is 13.4. The molecule has 2 aromatic carbocycles. The van der Waals surface area contributed by atoms with Crippen molar-refractivity contribution in [2.75, 3.05) is 36.0 Å². The molecule has 1 aliphatic heterocycles. The number of aromatic nitrogens is 3. The number of rotatable bonds is 10. The Morgan fingerprint density at radius 1 is 1.12 bits per heavy atom. The van der Waals surface area contributed by atoms with Gasteiger partial charge in [-0.1, -0.05) is 12.1 Å². The Morgan fingerprint density at radius 3 is 2.69 bits per heavy atom. The van der Waals surface area contributed by atoms with Crippen LogP contribution in [0.15, 0.2) is 54.9 Å². The van der Waals surface area contributed by atoms with Crippen molar-refractivity contribution < 1.29 is 22.3 Å². The third-order valence-corrected chi connectivity index (χ3v) is 8.37. The summed E-state index contributed by atoms with van der Waals surface area (Å²) in [6.45, 7) is 5.34. The number of methoxy groups -OCH3 is 1. The first kappa shape index (κ1) is 31.4. The average Bonchev–Trinajstić information content (AvgIpc) is 2.96. The molecule has 42 heavy (non-hydrogen) atoms. The summed E-state index contributed by atoms with van der Waals surface area (Å²) >= 11 is 0. The molecule has 0 radical (unpaired) electrons. The summed E-state index contributed by atoms with van der Waals surface area (Å²) in [5.74, 6) is 0.219. The van der Waals surface area contributed by atoms with E-state index in [2.05, 4.69) is 25.3 Å². The molecular weight excluding hydrogens is 583 g/mol. The van der Waals surface area contributed by atoms with Crippen LogP contribution in [0.25, 0.3) is 22.0 Å². The molecular formula is C29H34ClFN6O4S. The first-order valence-corrected chi connectivity index (χ1v) is 15.1. The van der Waals surface area contributed by atoms with Gasteiger partial charge >= 0.3 is 0 Å². The summed E-state index contributed by atoms with van der Waals surface area (Å²) in [5, 5.41) is 7.64. The molecule has 2 aromatic heterocycles. The molecule has 0 unspecified atom stereocenters. The minimum absolute atomic E-state index is 0. The molecule has 0 amide bonds. The number of anilines is 2. The van der Waals surface area contributed by atoms with Crippen LogP contribution in [0.1, 0.15) is 25.3 Å². The second-order valence-electron chi connectivity index (χ2n) is 10.1. The van der Waals surface area contributed by atoms with Gasteiger partial charge in [-0.2, -0.15) is 0 Å². The molecule has 0 saturated carbocycles.